The van der Waals surface area contributed by atoms with Crippen molar-refractivity contribution in [2.45, 2.75) is 12.5 Å². The van der Waals surface area contributed by atoms with Crippen molar-refractivity contribution in [1.82, 2.24) is 0 Å². The predicted octanol–water partition coefficient (Wildman–Crippen LogP) is 0.557. The molecule has 1 N–H and O–H groups in total. The molecule has 0 aliphatic rings. The molecule has 0 heterocycles. The molecule has 38 valence electrons. The van der Waals surface area contributed by atoms with Gasteiger partial charge in [-0.3, -0.25) is 0 Å². The van der Waals surface area contributed by atoms with Gasteiger partial charge in [-0.1, -0.05) is 12.5 Å². The van der Waals surface area contributed by atoms with Gasteiger partial charge in [0.05, 0.1) is 0 Å². The van der Waals surface area contributed by atoms with Crippen molar-refractivity contribution in [2.75, 3.05) is 0 Å². The Hall–Kier alpha value is -0.740. The van der Waals surface area contributed by atoms with Crippen LogP contribution in [-0.4, -0.2) is 10.7 Å². The zero-order valence-corrected chi connectivity index (χ0v) is 4.31. The fourth-order valence-corrected chi connectivity index (χ4v) is 0.0589. The van der Waals surface area contributed by atoms with Gasteiger partial charge in [-0.15, -0.1) is 6.42 Å². The summed E-state index contributed by atoms with van der Waals surface area (Å²) in [5, 5.41) is 8.78. The minimum atomic E-state index is -1.12. The van der Waals surface area contributed by atoms with E-state index in [0.717, 1.165) is 0 Å². The summed E-state index contributed by atoms with van der Waals surface area (Å²) in [6.45, 7) is 4.81. The van der Waals surface area contributed by atoms with Crippen LogP contribution in [0.4, 0.5) is 0 Å². The van der Waals surface area contributed by atoms with Gasteiger partial charge in [0, 0.05) is 0 Å². The Kier molecular flexibility index (Phi) is 1.62. The highest BCUT2D eigenvalue weighted by atomic mass is 16.3. The van der Waals surface area contributed by atoms with Gasteiger partial charge in [0.25, 0.3) is 0 Å². The Labute approximate surface area is 43.7 Å². The van der Waals surface area contributed by atoms with Crippen LogP contribution in [0.2, 0.25) is 0 Å². The molecule has 0 amide bonds. The number of terminal acetylenes is 1. The zero-order valence-electron chi connectivity index (χ0n) is 4.31. The highest BCUT2D eigenvalue weighted by Crippen LogP contribution is 1.98. The van der Waals surface area contributed by atoms with Crippen LogP contribution in [0.15, 0.2) is 12.7 Å². The van der Waals surface area contributed by atoms with Gasteiger partial charge >= 0.3 is 0 Å². The molecule has 1 atom stereocenters. The molecule has 0 fully saturated rings. The van der Waals surface area contributed by atoms with E-state index in [1.54, 1.807) is 0 Å². The van der Waals surface area contributed by atoms with Gasteiger partial charge in [-0.05, 0) is 13.0 Å². The summed E-state index contributed by atoms with van der Waals surface area (Å²) in [7, 11) is 0. The third-order valence-electron chi connectivity index (χ3n) is 0.690. The van der Waals surface area contributed by atoms with Gasteiger partial charge in [-0.25, -0.2) is 0 Å². The highest BCUT2D eigenvalue weighted by molar-refractivity contribution is 5.13. The van der Waals surface area contributed by atoms with E-state index >= 15 is 0 Å². The summed E-state index contributed by atoms with van der Waals surface area (Å²) in [5.74, 6) is 2.13. The Morgan fingerprint density at radius 3 is 2.43 bits per heavy atom. The molecule has 0 unspecified atom stereocenters. The molecular weight excluding hydrogens is 88.1 g/mol. The molecule has 0 aliphatic carbocycles. The first kappa shape index (κ1) is 6.26. The monoisotopic (exact) mass is 96.1 g/mol. The summed E-state index contributed by atoms with van der Waals surface area (Å²) < 4.78 is 0. The first-order chi connectivity index (χ1) is 3.12. The fraction of sp³-hybridized carbons (Fsp3) is 0.333. The van der Waals surface area contributed by atoms with Crippen molar-refractivity contribution >= 4 is 0 Å². The van der Waals surface area contributed by atoms with E-state index < -0.39 is 5.60 Å². The average Bonchev–Trinajstić information content (AvgIpc) is 1.68. The van der Waals surface area contributed by atoms with Crippen LogP contribution in [-0.2, 0) is 0 Å². The SMILES string of the molecule is C#C[C@@](C)(O)C=C. The van der Waals surface area contributed by atoms with Crippen molar-refractivity contribution in [3.05, 3.63) is 12.7 Å². The Bertz CT molecular complexity index is 106. The predicted molar refractivity (Wildman–Crippen MR) is 29.7 cm³/mol. The Balaban J connectivity index is 3.91. The molecule has 0 aliphatic heterocycles. The third kappa shape index (κ3) is 2.02. The summed E-state index contributed by atoms with van der Waals surface area (Å²) in [5.41, 5.74) is -1.12. The van der Waals surface area contributed by atoms with E-state index in [9.17, 15) is 0 Å². The van der Waals surface area contributed by atoms with Crippen LogP contribution in [0.1, 0.15) is 6.92 Å². The van der Waals surface area contributed by atoms with Gasteiger partial charge in [0.2, 0.25) is 0 Å². The van der Waals surface area contributed by atoms with Crippen LogP contribution in [0, 0.1) is 12.3 Å². The summed E-state index contributed by atoms with van der Waals surface area (Å²) in [6, 6.07) is 0. The van der Waals surface area contributed by atoms with Crippen molar-refractivity contribution < 1.29 is 5.11 Å². The van der Waals surface area contributed by atoms with Crippen LogP contribution in [0.3, 0.4) is 0 Å². The maximum Gasteiger partial charge on any atom is 0.140 e. The molecule has 0 aromatic carbocycles. The summed E-state index contributed by atoms with van der Waals surface area (Å²) in [6.07, 6.45) is 6.16. The maximum atomic E-state index is 8.78. The van der Waals surface area contributed by atoms with Crippen LogP contribution in [0.25, 0.3) is 0 Å². The van der Waals surface area contributed by atoms with E-state index in [0.29, 0.717) is 0 Å². The minimum absolute atomic E-state index is 1.12. The molecule has 7 heavy (non-hydrogen) atoms. The molecule has 0 aromatic heterocycles. The lowest BCUT2D eigenvalue weighted by Gasteiger charge is -2.06. The van der Waals surface area contributed by atoms with Crippen molar-refractivity contribution in [2.24, 2.45) is 0 Å². The van der Waals surface area contributed by atoms with Crippen molar-refractivity contribution in [3.63, 3.8) is 0 Å². The van der Waals surface area contributed by atoms with E-state index in [-0.39, 0.29) is 0 Å². The number of hydrogen-bond acceptors (Lipinski definition) is 1. The molecular formula is C6H8O. The van der Waals surface area contributed by atoms with Gasteiger partial charge in [-0.2, -0.15) is 0 Å². The maximum absolute atomic E-state index is 8.78. The van der Waals surface area contributed by atoms with Crippen LogP contribution in [0.5, 0.6) is 0 Å². The standard InChI is InChI=1S/C6H8O/c1-4-6(3,7)5-2/h1,5,7H,2H2,3H3/t6-/m1/s1. The van der Waals surface area contributed by atoms with Crippen LogP contribution >= 0.6 is 0 Å². The summed E-state index contributed by atoms with van der Waals surface area (Å²) >= 11 is 0. The topological polar surface area (TPSA) is 20.2 Å². The summed E-state index contributed by atoms with van der Waals surface area (Å²) in [4.78, 5) is 0. The lowest BCUT2D eigenvalue weighted by molar-refractivity contribution is 0.175. The molecule has 0 aromatic rings. The lowest BCUT2D eigenvalue weighted by atomic mass is 10.1. The molecule has 0 saturated heterocycles. The quantitative estimate of drug-likeness (QED) is 0.373. The van der Waals surface area contributed by atoms with Gasteiger partial charge in [0.15, 0.2) is 0 Å². The number of rotatable bonds is 1. The molecule has 0 saturated carbocycles. The van der Waals surface area contributed by atoms with E-state index in [1.807, 2.05) is 0 Å². The van der Waals surface area contributed by atoms with E-state index in [1.165, 1.54) is 13.0 Å². The van der Waals surface area contributed by atoms with Crippen LogP contribution < -0.4 is 0 Å². The number of hydrogen-bond donors (Lipinski definition) is 1. The Morgan fingerprint density at radius 1 is 2.00 bits per heavy atom. The molecule has 1 heteroatoms. The fourth-order valence-electron chi connectivity index (χ4n) is 0.0589. The normalized spacial score (nSPS) is 16.7. The smallest absolute Gasteiger partial charge is 0.140 e. The van der Waals surface area contributed by atoms with Gasteiger partial charge in [0.1, 0.15) is 5.60 Å². The second-order valence-electron chi connectivity index (χ2n) is 1.50. The lowest BCUT2D eigenvalue weighted by Crippen LogP contribution is -2.15. The molecule has 1 nitrogen and oxygen atoms in total. The van der Waals surface area contributed by atoms with Gasteiger partial charge < -0.3 is 5.11 Å². The average molecular weight is 96.1 g/mol. The van der Waals surface area contributed by atoms with E-state index in [4.69, 9.17) is 11.5 Å². The molecule has 0 rings (SSSR count). The first-order valence-electron chi connectivity index (χ1n) is 1.96. The number of aliphatic hydroxyl groups is 1. The highest BCUT2D eigenvalue weighted by Gasteiger charge is 2.07. The largest absolute Gasteiger partial charge is 0.374 e. The van der Waals surface area contributed by atoms with E-state index in [2.05, 4.69) is 12.5 Å². The second kappa shape index (κ2) is 1.81. The van der Waals surface area contributed by atoms with Crippen molar-refractivity contribution in [3.8, 4) is 12.3 Å². The van der Waals surface area contributed by atoms with Crippen molar-refractivity contribution in [1.29, 1.82) is 0 Å². The molecule has 0 radical (unpaired) electrons. The Morgan fingerprint density at radius 2 is 2.43 bits per heavy atom. The third-order valence-corrected chi connectivity index (χ3v) is 0.690. The second-order valence-corrected chi connectivity index (χ2v) is 1.50. The molecule has 0 spiro atoms. The minimum Gasteiger partial charge on any atom is -0.374 e. The first-order valence-corrected chi connectivity index (χ1v) is 1.96. The molecule has 0 bridgehead atoms. The zero-order chi connectivity index (χ0) is 5.91.